The first-order chi connectivity index (χ1) is 10.6. The third kappa shape index (κ3) is 3.73. The van der Waals surface area contributed by atoms with Crippen molar-refractivity contribution in [1.29, 1.82) is 0 Å². The molecule has 0 heterocycles. The molecule has 0 fully saturated rings. The van der Waals surface area contributed by atoms with Crippen molar-refractivity contribution in [3.8, 4) is 0 Å². The monoisotopic (exact) mass is 326 g/mol. The second-order valence-corrected chi connectivity index (χ2v) is 5.93. The van der Waals surface area contributed by atoms with Gasteiger partial charge in [0.1, 0.15) is 0 Å². The number of rotatable bonds is 5. The standard InChI is InChI=1S/C20H19ClS/c1-4-18(22)11-10-17(13-21)19-7-5-6-15-8-9-16(14(2)3)12-20(15)19/h4-12,22H,1-2,13H2,3H3/b17-10+,18-11+. The van der Waals surface area contributed by atoms with Crippen molar-refractivity contribution in [2.45, 2.75) is 6.92 Å². The zero-order chi connectivity index (χ0) is 16.1. The second kappa shape index (κ2) is 7.53. The quantitative estimate of drug-likeness (QED) is 0.362. The van der Waals surface area contributed by atoms with Gasteiger partial charge in [0.2, 0.25) is 0 Å². The van der Waals surface area contributed by atoms with E-state index in [0.717, 1.165) is 27.2 Å². The highest BCUT2D eigenvalue weighted by atomic mass is 35.5. The first-order valence-electron chi connectivity index (χ1n) is 7.04. The Morgan fingerprint density at radius 2 is 2.00 bits per heavy atom. The van der Waals surface area contributed by atoms with Gasteiger partial charge in [-0.2, -0.15) is 0 Å². The summed E-state index contributed by atoms with van der Waals surface area (Å²) in [6, 6.07) is 12.7. The first kappa shape index (κ1) is 16.7. The van der Waals surface area contributed by atoms with Gasteiger partial charge in [0.05, 0.1) is 0 Å². The van der Waals surface area contributed by atoms with E-state index in [4.69, 9.17) is 11.6 Å². The minimum Gasteiger partial charge on any atom is -0.143 e. The van der Waals surface area contributed by atoms with Gasteiger partial charge in [-0.1, -0.05) is 61.2 Å². The van der Waals surface area contributed by atoms with Crippen LogP contribution in [0.3, 0.4) is 0 Å². The van der Waals surface area contributed by atoms with Gasteiger partial charge in [0.15, 0.2) is 0 Å². The van der Waals surface area contributed by atoms with Crippen molar-refractivity contribution < 1.29 is 0 Å². The summed E-state index contributed by atoms with van der Waals surface area (Å²) in [6.45, 7) is 9.74. The minimum absolute atomic E-state index is 0.436. The molecule has 112 valence electrons. The normalized spacial score (nSPS) is 12.5. The molecular weight excluding hydrogens is 308 g/mol. The molecule has 0 aliphatic rings. The van der Waals surface area contributed by atoms with Crippen LogP contribution < -0.4 is 0 Å². The number of hydrogen-bond donors (Lipinski definition) is 1. The van der Waals surface area contributed by atoms with Gasteiger partial charge in [0.25, 0.3) is 0 Å². The average Bonchev–Trinajstić information content (AvgIpc) is 2.54. The molecule has 0 saturated heterocycles. The maximum absolute atomic E-state index is 6.17. The van der Waals surface area contributed by atoms with Crippen molar-refractivity contribution in [2.75, 3.05) is 5.88 Å². The summed E-state index contributed by atoms with van der Waals surface area (Å²) in [5.41, 5.74) is 4.39. The second-order valence-electron chi connectivity index (χ2n) is 5.14. The first-order valence-corrected chi connectivity index (χ1v) is 8.02. The highest BCUT2D eigenvalue weighted by molar-refractivity contribution is 7.84. The molecule has 22 heavy (non-hydrogen) atoms. The Morgan fingerprint density at radius 3 is 2.64 bits per heavy atom. The number of benzene rings is 2. The van der Waals surface area contributed by atoms with E-state index < -0.39 is 0 Å². The molecule has 0 unspecified atom stereocenters. The molecule has 0 nitrogen and oxygen atoms in total. The number of allylic oxidation sites excluding steroid dienone is 5. The van der Waals surface area contributed by atoms with Crippen LogP contribution in [0.4, 0.5) is 0 Å². The summed E-state index contributed by atoms with van der Waals surface area (Å²) in [5.74, 6) is 0.436. The van der Waals surface area contributed by atoms with Gasteiger partial charge < -0.3 is 0 Å². The van der Waals surface area contributed by atoms with Crippen molar-refractivity contribution in [1.82, 2.24) is 0 Å². The van der Waals surface area contributed by atoms with E-state index in [-0.39, 0.29) is 0 Å². The fourth-order valence-electron chi connectivity index (χ4n) is 2.28. The predicted molar refractivity (Wildman–Crippen MR) is 105 cm³/mol. The molecule has 0 saturated carbocycles. The van der Waals surface area contributed by atoms with E-state index in [1.807, 2.05) is 19.1 Å². The highest BCUT2D eigenvalue weighted by Crippen LogP contribution is 2.29. The van der Waals surface area contributed by atoms with Gasteiger partial charge in [-0.05, 0) is 46.5 Å². The molecule has 0 bridgehead atoms. The molecule has 0 radical (unpaired) electrons. The highest BCUT2D eigenvalue weighted by Gasteiger charge is 2.06. The molecule has 2 heteroatoms. The van der Waals surface area contributed by atoms with Crippen molar-refractivity contribution in [3.63, 3.8) is 0 Å². The number of fused-ring (bicyclic) bond motifs is 1. The van der Waals surface area contributed by atoms with Gasteiger partial charge >= 0.3 is 0 Å². The minimum atomic E-state index is 0.436. The van der Waals surface area contributed by atoms with Crippen LogP contribution in [0.25, 0.3) is 21.9 Å². The lowest BCUT2D eigenvalue weighted by atomic mass is 9.95. The van der Waals surface area contributed by atoms with Crippen molar-refractivity contribution in [3.05, 3.63) is 83.8 Å². The molecular formula is C20H19ClS. The molecule has 2 rings (SSSR count). The summed E-state index contributed by atoms with van der Waals surface area (Å²) < 4.78 is 0. The van der Waals surface area contributed by atoms with E-state index in [2.05, 4.69) is 62.2 Å². The molecule has 0 aromatic heterocycles. The zero-order valence-corrected chi connectivity index (χ0v) is 14.3. The molecule has 2 aromatic carbocycles. The van der Waals surface area contributed by atoms with Gasteiger partial charge in [-0.25, -0.2) is 0 Å². The van der Waals surface area contributed by atoms with Crippen LogP contribution in [-0.2, 0) is 0 Å². The molecule has 2 aromatic rings. The van der Waals surface area contributed by atoms with Gasteiger partial charge in [0, 0.05) is 10.8 Å². The van der Waals surface area contributed by atoms with Crippen molar-refractivity contribution in [2.24, 2.45) is 0 Å². The Hall–Kier alpha value is -1.70. The van der Waals surface area contributed by atoms with Crippen LogP contribution in [0.5, 0.6) is 0 Å². The third-order valence-corrected chi connectivity index (χ3v) is 4.15. The Balaban J connectivity index is 2.64. The predicted octanol–water partition coefficient (Wildman–Crippen LogP) is 6.49. The third-order valence-electron chi connectivity index (χ3n) is 3.53. The van der Waals surface area contributed by atoms with Gasteiger partial charge in [-0.15, -0.1) is 24.2 Å². The van der Waals surface area contributed by atoms with Crippen LogP contribution in [0.15, 0.2) is 72.7 Å². The van der Waals surface area contributed by atoms with Crippen LogP contribution >= 0.6 is 24.2 Å². The molecule has 0 aliphatic heterocycles. The Morgan fingerprint density at radius 1 is 1.23 bits per heavy atom. The number of hydrogen-bond acceptors (Lipinski definition) is 1. The Kier molecular flexibility index (Phi) is 5.70. The summed E-state index contributed by atoms with van der Waals surface area (Å²) >= 11 is 10.5. The maximum atomic E-state index is 6.17. The largest absolute Gasteiger partial charge is 0.143 e. The molecule has 0 amide bonds. The lowest BCUT2D eigenvalue weighted by Gasteiger charge is -2.10. The van der Waals surface area contributed by atoms with Crippen LogP contribution in [-0.4, -0.2) is 5.88 Å². The fraction of sp³-hybridized carbons (Fsp3) is 0.100. The van der Waals surface area contributed by atoms with Crippen molar-refractivity contribution >= 4 is 46.1 Å². The van der Waals surface area contributed by atoms with Crippen LogP contribution in [0.1, 0.15) is 18.1 Å². The zero-order valence-electron chi connectivity index (χ0n) is 12.6. The summed E-state index contributed by atoms with van der Waals surface area (Å²) in [7, 11) is 0. The van der Waals surface area contributed by atoms with E-state index in [9.17, 15) is 0 Å². The number of alkyl halides is 1. The smallest absolute Gasteiger partial charge is 0.0480 e. The summed E-state index contributed by atoms with van der Waals surface area (Å²) in [6.07, 6.45) is 5.61. The van der Waals surface area contributed by atoms with Gasteiger partial charge in [-0.3, -0.25) is 0 Å². The fourth-order valence-corrected chi connectivity index (χ4v) is 2.59. The SMILES string of the molecule is C=C/C(S)=C\C=C(/CCl)c1cccc2ccc(C(=C)C)cc12. The Bertz CT molecular complexity index is 781. The van der Waals surface area contributed by atoms with E-state index in [1.54, 1.807) is 6.08 Å². The molecule has 0 N–H and O–H groups in total. The van der Waals surface area contributed by atoms with E-state index in [1.165, 1.54) is 10.8 Å². The van der Waals surface area contributed by atoms with E-state index >= 15 is 0 Å². The van der Waals surface area contributed by atoms with Crippen LogP contribution in [0.2, 0.25) is 0 Å². The summed E-state index contributed by atoms with van der Waals surface area (Å²) in [5, 5.41) is 2.37. The Labute approximate surface area is 142 Å². The molecule has 0 atom stereocenters. The van der Waals surface area contributed by atoms with E-state index in [0.29, 0.717) is 5.88 Å². The number of thiol groups is 1. The summed E-state index contributed by atoms with van der Waals surface area (Å²) in [4.78, 5) is 0.811. The lowest BCUT2D eigenvalue weighted by Crippen LogP contribution is -1.90. The average molecular weight is 327 g/mol. The maximum Gasteiger partial charge on any atom is 0.0480 e. The topological polar surface area (TPSA) is 0 Å². The molecule has 0 spiro atoms. The van der Waals surface area contributed by atoms with Crippen LogP contribution in [0, 0.1) is 0 Å². The number of halogens is 1. The molecule has 0 aliphatic carbocycles. The lowest BCUT2D eigenvalue weighted by molar-refractivity contribution is 1.58.